The lowest BCUT2D eigenvalue weighted by molar-refractivity contribution is -0.120. The van der Waals surface area contributed by atoms with Crippen LogP contribution in [0.5, 0.6) is 0 Å². The summed E-state index contributed by atoms with van der Waals surface area (Å²) in [5, 5.41) is 2.90. The van der Waals surface area contributed by atoms with E-state index in [0.717, 1.165) is 25.7 Å². The van der Waals surface area contributed by atoms with E-state index in [1.165, 1.54) is 12.8 Å². The van der Waals surface area contributed by atoms with Crippen LogP contribution in [0.15, 0.2) is 11.6 Å². The highest BCUT2D eigenvalue weighted by molar-refractivity contribution is 6.28. The SMILES string of the molecule is C/C=C1/C(=O)NC2(CCCCCC2)C1=O. The first-order valence-electron chi connectivity index (χ1n) is 5.73. The van der Waals surface area contributed by atoms with Gasteiger partial charge < -0.3 is 5.32 Å². The first-order chi connectivity index (χ1) is 7.19. The highest BCUT2D eigenvalue weighted by atomic mass is 16.2. The largest absolute Gasteiger partial charge is 0.339 e. The third kappa shape index (κ3) is 1.60. The summed E-state index contributed by atoms with van der Waals surface area (Å²) in [5.41, 5.74) is -0.188. The summed E-state index contributed by atoms with van der Waals surface area (Å²) in [6.45, 7) is 1.75. The van der Waals surface area contributed by atoms with Crippen LogP contribution in [0.3, 0.4) is 0 Å². The van der Waals surface area contributed by atoms with Crippen LogP contribution in [0, 0.1) is 0 Å². The molecule has 1 heterocycles. The maximum absolute atomic E-state index is 12.1. The predicted molar refractivity (Wildman–Crippen MR) is 57.3 cm³/mol. The first-order valence-corrected chi connectivity index (χ1v) is 5.73. The Bertz CT molecular complexity index is 323. The van der Waals surface area contributed by atoms with Crippen LogP contribution >= 0.6 is 0 Å². The minimum Gasteiger partial charge on any atom is -0.339 e. The molecule has 0 atom stereocenters. The van der Waals surface area contributed by atoms with Crippen molar-refractivity contribution in [2.24, 2.45) is 0 Å². The summed E-state index contributed by atoms with van der Waals surface area (Å²) in [4.78, 5) is 23.7. The van der Waals surface area contributed by atoms with Gasteiger partial charge in [0.15, 0.2) is 5.78 Å². The Hall–Kier alpha value is -1.12. The quantitative estimate of drug-likeness (QED) is 0.485. The van der Waals surface area contributed by atoms with Crippen molar-refractivity contribution in [3.05, 3.63) is 11.6 Å². The summed E-state index contributed by atoms with van der Waals surface area (Å²) in [6.07, 6.45) is 7.71. The van der Waals surface area contributed by atoms with Crippen molar-refractivity contribution in [3.63, 3.8) is 0 Å². The van der Waals surface area contributed by atoms with Gasteiger partial charge in [-0.3, -0.25) is 9.59 Å². The van der Waals surface area contributed by atoms with E-state index in [4.69, 9.17) is 0 Å². The molecule has 1 aliphatic heterocycles. The van der Waals surface area contributed by atoms with Crippen molar-refractivity contribution in [1.82, 2.24) is 5.32 Å². The Labute approximate surface area is 89.9 Å². The van der Waals surface area contributed by atoms with Gasteiger partial charge in [-0.15, -0.1) is 0 Å². The molecule has 0 bridgehead atoms. The maximum atomic E-state index is 12.1. The van der Waals surface area contributed by atoms with E-state index in [0.29, 0.717) is 5.57 Å². The number of rotatable bonds is 0. The van der Waals surface area contributed by atoms with Crippen molar-refractivity contribution in [2.75, 3.05) is 0 Å². The monoisotopic (exact) mass is 207 g/mol. The predicted octanol–water partition coefficient (Wildman–Crippen LogP) is 1.72. The van der Waals surface area contributed by atoms with Crippen LogP contribution < -0.4 is 5.32 Å². The van der Waals surface area contributed by atoms with Gasteiger partial charge >= 0.3 is 0 Å². The normalized spacial score (nSPS) is 28.2. The van der Waals surface area contributed by atoms with Crippen molar-refractivity contribution in [2.45, 2.75) is 51.0 Å². The van der Waals surface area contributed by atoms with Crippen LogP contribution in [-0.4, -0.2) is 17.2 Å². The highest BCUT2D eigenvalue weighted by Crippen LogP contribution is 2.33. The van der Waals surface area contributed by atoms with Gasteiger partial charge in [-0.25, -0.2) is 0 Å². The molecule has 0 radical (unpaired) electrons. The van der Waals surface area contributed by atoms with Gasteiger partial charge in [0, 0.05) is 0 Å². The summed E-state index contributed by atoms with van der Waals surface area (Å²) in [5.74, 6) is -0.152. The zero-order valence-corrected chi connectivity index (χ0v) is 9.14. The van der Waals surface area contributed by atoms with Crippen LogP contribution in [-0.2, 0) is 9.59 Å². The second-order valence-electron chi connectivity index (χ2n) is 4.48. The van der Waals surface area contributed by atoms with Gasteiger partial charge in [0.05, 0.1) is 5.57 Å². The summed E-state index contributed by atoms with van der Waals surface area (Å²) in [7, 11) is 0. The molecule has 1 saturated carbocycles. The molecule has 2 fully saturated rings. The van der Waals surface area contributed by atoms with E-state index in [-0.39, 0.29) is 11.7 Å². The molecule has 0 aromatic carbocycles. The minimum absolute atomic E-state index is 0.0249. The van der Waals surface area contributed by atoms with Crippen molar-refractivity contribution in [1.29, 1.82) is 0 Å². The van der Waals surface area contributed by atoms with Crippen LogP contribution in [0.4, 0.5) is 0 Å². The molecule has 15 heavy (non-hydrogen) atoms. The number of Topliss-reactive ketones (excluding diaryl/α,β-unsaturated/α-hetero) is 1. The zero-order valence-electron chi connectivity index (χ0n) is 9.14. The fraction of sp³-hybridized carbons (Fsp3) is 0.667. The van der Waals surface area contributed by atoms with Gasteiger partial charge in [-0.05, 0) is 19.8 Å². The van der Waals surface area contributed by atoms with Crippen molar-refractivity contribution >= 4 is 11.7 Å². The molecular weight excluding hydrogens is 190 g/mol. The van der Waals surface area contributed by atoms with Crippen LogP contribution in [0.25, 0.3) is 0 Å². The van der Waals surface area contributed by atoms with Crippen molar-refractivity contribution < 1.29 is 9.59 Å². The zero-order chi connectivity index (χ0) is 10.9. The molecule has 82 valence electrons. The number of amides is 1. The number of hydrogen-bond acceptors (Lipinski definition) is 2. The highest BCUT2D eigenvalue weighted by Gasteiger charge is 2.48. The molecule has 0 aromatic heterocycles. The number of allylic oxidation sites excluding steroid dienone is 1. The standard InChI is InChI=1S/C12H17NO2/c1-2-9-10(14)12(13-11(9)15)7-5-3-4-6-8-12/h2H,3-8H2,1H3,(H,13,15)/b9-2+. The molecule has 0 aromatic rings. The molecular formula is C12H17NO2. The Morgan fingerprint density at radius 2 is 1.73 bits per heavy atom. The fourth-order valence-electron chi connectivity index (χ4n) is 2.65. The molecule has 2 aliphatic rings. The lowest BCUT2D eigenvalue weighted by Crippen LogP contribution is -2.45. The summed E-state index contributed by atoms with van der Waals surface area (Å²) in [6, 6.07) is 0. The van der Waals surface area contributed by atoms with Gasteiger partial charge in [0.2, 0.25) is 0 Å². The van der Waals surface area contributed by atoms with Crippen molar-refractivity contribution in [3.8, 4) is 0 Å². The maximum Gasteiger partial charge on any atom is 0.255 e. The third-order valence-corrected chi connectivity index (χ3v) is 3.52. The van der Waals surface area contributed by atoms with E-state index >= 15 is 0 Å². The van der Waals surface area contributed by atoms with Crippen LogP contribution in [0.1, 0.15) is 45.4 Å². The second kappa shape index (κ2) is 3.80. The average Bonchev–Trinajstić information content (AvgIpc) is 2.42. The molecule has 1 saturated heterocycles. The summed E-state index contributed by atoms with van der Waals surface area (Å²) >= 11 is 0. The molecule has 2 rings (SSSR count). The van der Waals surface area contributed by atoms with Gasteiger partial charge in [-0.2, -0.15) is 0 Å². The summed E-state index contributed by atoms with van der Waals surface area (Å²) < 4.78 is 0. The smallest absolute Gasteiger partial charge is 0.255 e. The number of hydrogen-bond donors (Lipinski definition) is 1. The fourth-order valence-corrected chi connectivity index (χ4v) is 2.65. The second-order valence-corrected chi connectivity index (χ2v) is 4.48. The lowest BCUT2D eigenvalue weighted by Gasteiger charge is -2.24. The van der Waals surface area contributed by atoms with E-state index < -0.39 is 5.54 Å². The average molecular weight is 207 g/mol. The Morgan fingerprint density at radius 1 is 1.13 bits per heavy atom. The van der Waals surface area contributed by atoms with Crippen LogP contribution in [0.2, 0.25) is 0 Å². The number of carbonyl (C=O) groups excluding carboxylic acids is 2. The molecule has 0 unspecified atom stereocenters. The number of carbonyl (C=O) groups is 2. The topological polar surface area (TPSA) is 46.2 Å². The lowest BCUT2D eigenvalue weighted by atomic mass is 9.86. The molecule has 1 amide bonds. The number of ketones is 1. The van der Waals surface area contributed by atoms with E-state index in [9.17, 15) is 9.59 Å². The Balaban J connectivity index is 2.29. The number of nitrogens with one attached hydrogen (secondary N) is 1. The van der Waals surface area contributed by atoms with Gasteiger partial charge in [0.1, 0.15) is 5.54 Å². The third-order valence-electron chi connectivity index (χ3n) is 3.52. The van der Waals surface area contributed by atoms with Gasteiger partial charge in [0.25, 0.3) is 5.91 Å². The van der Waals surface area contributed by atoms with Gasteiger partial charge in [-0.1, -0.05) is 31.8 Å². The molecule has 1 aliphatic carbocycles. The molecule has 1 N–H and O–H groups in total. The Morgan fingerprint density at radius 3 is 2.20 bits per heavy atom. The molecule has 3 heteroatoms. The minimum atomic E-state index is -0.546. The first kappa shape index (κ1) is 10.4. The van der Waals surface area contributed by atoms with E-state index in [1.54, 1.807) is 13.0 Å². The van der Waals surface area contributed by atoms with E-state index in [1.807, 2.05) is 0 Å². The molecule has 3 nitrogen and oxygen atoms in total. The molecule has 1 spiro atoms. The van der Waals surface area contributed by atoms with E-state index in [2.05, 4.69) is 5.32 Å². The Kier molecular flexibility index (Phi) is 2.63.